The van der Waals surface area contributed by atoms with Crippen molar-refractivity contribution >= 4 is 17.1 Å². The Morgan fingerprint density at radius 1 is 1.28 bits per heavy atom. The third kappa shape index (κ3) is 6.19. The highest BCUT2D eigenvalue weighted by Crippen LogP contribution is 2.23. The van der Waals surface area contributed by atoms with Gasteiger partial charge in [-0.05, 0) is 45.7 Å². The molecule has 2 heterocycles. The van der Waals surface area contributed by atoms with Crippen LogP contribution in [0.15, 0.2) is 24.4 Å². The first-order valence-corrected chi connectivity index (χ1v) is 9.98. The van der Waals surface area contributed by atoms with Crippen molar-refractivity contribution < 1.29 is 19.0 Å². The number of nitrogens with zero attached hydrogens (tertiary/aromatic N) is 3. The summed E-state index contributed by atoms with van der Waals surface area (Å²) in [4.78, 5) is 23.1. The summed E-state index contributed by atoms with van der Waals surface area (Å²) < 4.78 is 16.5. The molecule has 1 fully saturated rings. The van der Waals surface area contributed by atoms with Crippen molar-refractivity contribution in [2.45, 2.75) is 45.3 Å². The molecule has 1 amide bonds. The monoisotopic (exact) mass is 402 g/mol. The average molecular weight is 402 g/mol. The largest absolute Gasteiger partial charge is 0.494 e. The number of methoxy groups -OCH3 is 1. The van der Waals surface area contributed by atoms with E-state index in [9.17, 15) is 4.79 Å². The number of fused-ring (bicyclic) bond motifs is 1. The Morgan fingerprint density at radius 2 is 2.03 bits per heavy atom. The molecular formula is C21H30N4O4. The van der Waals surface area contributed by atoms with Crippen LogP contribution in [-0.4, -0.2) is 66.0 Å². The third-order valence-electron chi connectivity index (χ3n) is 4.70. The number of amides is 1. The standard InChI is InChI=1S/C21H30N4O4/c1-21(2,3)29-20(26)23-15-8-10-25(11-9-15)12-13-28-18-14-22-16-6-5-7-17(27-4)19(16)24-18/h5-7,14-15H,8-13H2,1-4H3,(H,23,26). The fraction of sp³-hybridized carbons (Fsp3) is 0.571. The van der Waals surface area contributed by atoms with Gasteiger partial charge in [-0.25, -0.2) is 14.8 Å². The molecule has 1 aliphatic heterocycles. The van der Waals surface area contributed by atoms with Crippen molar-refractivity contribution in [3.63, 3.8) is 0 Å². The van der Waals surface area contributed by atoms with E-state index in [1.807, 2.05) is 39.0 Å². The lowest BCUT2D eigenvalue weighted by Gasteiger charge is -2.32. The molecular weight excluding hydrogens is 372 g/mol. The first kappa shape index (κ1) is 21.1. The Hall–Kier alpha value is -2.61. The van der Waals surface area contributed by atoms with Gasteiger partial charge < -0.3 is 19.5 Å². The van der Waals surface area contributed by atoms with Crippen molar-refractivity contribution in [1.29, 1.82) is 0 Å². The molecule has 1 aromatic carbocycles. The van der Waals surface area contributed by atoms with Gasteiger partial charge in [0, 0.05) is 25.7 Å². The molecule has 0 aliphatic carbocycles. The van der Waals surface area contributed by atoms with Crippen LogP contribution in [0, 0.1) is 0 Å². The summed E-state index contributed by atoms with van der Waals surface area (Å²) in [5.41, 5.74) is 0.996. The first-order valence-electron chi connectivity index (χ1n) is 9.98. The van der Waals surface area contributed by atoms with Crippen LogP contribution in [0.5, 0.6) is 11.6 Å². The fourth-order valence-electron chi connectivity index (χ4n) is 3.28. The summed E-state index contributed by atoms with van der Waals surface area (Å²) in [7, 11) is 1.62. The molecule has 0 bridgehead atoms. The number of likely N-dealkylation sites (tertiary alicyclic amines) is 1. The highest BCUT2D eigenvalue weighted by molar-refractivity contribution is 5.81. The number of carbonyl (C=O) groups excluding carboxylic acids is 1. The molecule has 0 spiro atoms. The van der Waals surface area contributed by atoms with Crippen molar-refractivity contribution in [2.24, 2.45) is 0 Å². The van der Waals surface area contributed by atoms with Crippen LogP contribution in [-0.2, 0) is 4.74 Å². The number of para-hydroxylation sites is 1. The van der Waals surface area contributed by atoms with E-state index in [1.54, 1.807) is 13.3 Å². The minimum atomic E-state index is -0.474. The van der Waals surface area contributed by atoms with E-state index in [-0.39, 0.29) is 12.1 Å². The van der Waals surface area contributed by atoms with E-state index in [0.717, 1.165) is 38.0 Å². The summed E-state index contributed by atoms with van der Waals surface area (Å²) in [5, 5.41) is 2.96. The van der Waals surface area contributed by atoms with E-state index in [4.69, 9.17) is 14.2 Å². The number of piperidine rings is 1. The van der Waals surface area contributed by atoms with Gasteiger partial charge >= 0.3 is 6.09 Å². The summed E-state index contributed by atoms with van der Waals surface area (Å²) in [5.74, 6) is 1.17. The predicted molar refractivity (Wildman–Crippen MR) is 110 cm³/mol. The molecule has 0 radical (unpaired) electrons. The fourth-order valence-corrected chi connectivity index (χ4v) is 3.28. The Balaban J connectivity index is 1.42. The van der Waals surface area contributed by atoms with Gasteiger partial charge in [-0.15, -0.1) is 0 Å². The number of aromatic nitrogens is 2. The van der Waals surface area contributed by atoms with Crippen LogP contribution < -0.4 is 14.8 Å². The third-order valence-corrected chi connectivity index (χ3v) is 4.70. The zero-order chi connectivity index (χ0) is 20.9. The Bertz CT molecular complexity index is 829. The van der Waals surface area contributed by atoms with Crippen molar-refractivity contribution in [2.75, 3.05) is 33.4 Å². The van der Waals surface area contributed by atoms with E-state index in [2.05, 4.69) is 20.2 Å². The van der Waals surface area contributed by atoms with Gasteiger partial charge in [-0.2, -0.15) is 0 Å². The molecule has 1 saturated heterocycles. The van der Waals surface area contributed by atoms with Gasteiger partial charge in [-0.1, -0.05) is 6.07 Å². The van der Waals surface area contributed by atoms with E-state index >= 15 is 0 Å². The highest BCUT2D eigenvalue weighted by Gasteiger charge is 2.23. The maximum absolute atomic E-state index is 11.9. The lowest BCUT2D eigenvalue weighted by atomic mass is 10.1. The normalized spacial score (nSPS) is 15.9. The SMILES string of the molecule is COc1cccc2ncc(OCCN3CCC(NC(=O)OC(C)(C)C)CC3)nc12. The zero-order valence-corrected chi connectivity index (χ0v) is 17.6. The summed E-state index contributed by atoms with van der Waals surface area (Å²) >= 11 is 0. The van der Waals surface area contributed by atoms with Gasteiger partial charge in [0.25, 0.3) is 0 Å². The van der Waals surface area contributed by atoms with E-state index in [1.165, 1.54) is 0 Å². The number of rotatable bonds is 6. The van der Waals surface area contributed by atoms with Crippen LogP contribution >= 0.6 is 0 Å². The Kier molecular flexibility index (Phi) is 6.74. The quantitative estimate of drug-likeness (QED) is 0.795. The molecule has 3 rings (SSSR count). The molecule has 0 atom stereocenters. The molecule has 1 aliphatic rings. The predicted octanol–water partition coefficient (Wildman–Crippen LogP) is 3.01. The average Bonchev–Trinajstić information content (AvgIpc) is 2.67. The number of benzene rings is 1. The Labute approximate surface area is 171 Å². The molecule has 0 unspecified atom stereocenters. The molecule has 158 valence electrons. The van der Waals surface area contributed by atoms with Crippen LogP contribution in [0.25, 0.3) is 11.0 Å². The number of ether oxygens (including phenoxy) is 3. The lowest BCUT2D eigenvalue weighted by molar-refractivity contribution is 0.0476. The molecule has 0 saturated carbocycles. The van der Waals surface area contributed by atoms with Crippen molar-refractivity contribution in [3.05, 3.63) is 24.4 Å². The van der Waals surface area contributed by atoms with Gasteiger partial charge in [0.2, 0.25) is 5.88 Å². The number of alkyl carbamates (subject to hydrolysis) is 1. The summed E-state index contributed by atoms with van der Waals surface area (Å²) in [6, 6.07) is 5.79. The molecule has 2 aromatic rings. The molecule has 1 aromatic heterocycles. The zero-order valence-electron chi connectivity index (χ0n) is 17.6. The first-order chi connectivity index (χ1) is 13.8. The second-order valence-corrected chi connectivity index (χ2v) is 8.15. The second kappa shape index (κ2) is 9.26. The van der Waals surface area contributed by atoms with Crippen LogP contribution in [0.4, 0.5) is 4.79 Å². The highest BCUT2D eigenvalue weighted by atomic mass is 16.6. The molecule has 29 heavy (non-hydrogen) atoms. The van der Waals surface area contributed by atoms with E-state index < -0.39 is 5.60 Å². The maximum Gasteiger partial charge on any atom is 0.407 e. The Morgan fingerprint density at radius 3 is 2.72 bits per heavy atom. The number of carbonyl (C=O) groups is 1. The van der Waals surface area contributed by atoms with Crippen molar-refractivity contribution in [1.82, 2.24) is 20.2 Å². The minimum absolute atomic E-state index is 0.154. The molecule has 1 N–H and O–H groups in total. The summed E-state index contributed by atoms with van der Waals surface area (Å²) in [6.45, 7) is 8.73. The van der Waals surface area contributed by atoms with Gasteiger partial charge in [0.15, 0.2) is 0 Å². The summed E-state index contributed by atoms with van der Waals surface area (Å²) in [6.07, 6.45) is 3.08. The van der Waals surface area contributed by atoms with Gasteiger partial charge in [0.1, 0.15) is 23.5 Å². The van der Waals surface area contributed by atoms with E-state index in [0.29, 0.717) is 23.8 Å². The van der Waals surface area contributed by atoms with Crippen LogP contribution in [0.2, 0.25) is 0 Å². The second-order valence-electron chi connectivity index (χ2n) is 8.15. The van der Waals surface area contributed by atoms with Crippen molar-refractivity contribution in [3.8, 4) is 11.6 Å². The topological polar surface area (TPSA) is 85.8 Å². The maximum atomic E-state index is 11.9. The van der Waals surface area contributed by atoms with Crippen LogP contribution in [0.1, 0.15) is 33.6 Å². The number of hydrogen-bond donors (Lipinski definition) is 1. The minimum Gasteiger partial charge on any atom is -0.494 e. The lowest BCUT2D eigenvalue weighted by Crippen LogP contribution is -2.46. The molecule has 8 heteroatoms. The smallest absolute Gasteiger partial charge is 0.407 e. The van der Waals surface area contributed by atoms with Gasteiger partial charge in [-0.3, -0.25) is 4.90 Å². The number of hydrogen-bond acceptors (Lipinski definition) is 7. The number of nitrogens with one attached hydrogen (secondary N) is 1. The van der Waals surface area contributed by atoms with Crippen LogP contribution in [0.3, 0.4) is 0 Å². The van der Waals surface area contributed by atoms with Gasteiger partial charge in [0.05, 0.1) is 18.8 Å². The molecule has 8 nitrogen and oxygen atoms in total.